The maximum absolute atomic E-state index is 12.8. The summed E-state index contributed by atoms with van der Waals surface area (Å²) in [6.07, 6.45) is 11.7. The van der Waals surface area contributed by atoms with Crippen molar-refractivity contribution in [2.75, 3.05) is 18.8 Å². The summed E-state index contributed by atoms with van der Waals surface area (Å²) in [6.45, 7) is 3.18. The molecule has 9 nitrogen and oxygen atoms in total. The van der Waals surface area contributed by atoms with Crippen molar-refractivity contribution >= 4 is 21.1 Å². The Balaban J connectivity index is 1.36. The number of hydrogen-bond acceptors (Lipinski definition) is 6. The topological polar surface area (TPSA) is 121 Å². The number of unbranched alkanes of at least 4 members (excludes halogenated alkanes) is 2. The molecule has 5 rings (SSSR count). The van der Waals surface area contributed by atoms with Crippen LogP contribution in [0.2, 0.25) is 0 Å². The first-order valence-corrected chi connectivity index (χ1v) is 13.2. The molecule has 4 heterocycles. The van der Waals surface area contributed by atoms with Crippen LogP contribution < -0.4 is 0 Å². The number of nitrogens with one attached hydrogen (secondary N) is 1. The largest absolute Gasteiger partial charge is 0.346 e. The van der Waals surface area contributed by atoms with E-state index in [0.717, 1.165) is 54.4 Å². The van der Waals surface area contributed by atoms with Gasteiger partial charge in [-0.1, -0.05) is 19.8 Å². The number of fused-ring (bicyclic) bond motifs is 2. The number of aromatic amines is 1. The van der Waals surface area contributed by atoms with Gasteiger partial charge in [0.2, 0.25) is 10.0 Å². The monoisotopic (exact) mass is 467 g/mol. The zero-order valence-corrected chi connectivity index (χ0v) is 19.6. The molecule has 0 amide bonds. The number of nitriles is 1. The number of sulfonamides is 1. The maximum Gasteiger partial charge on any atom is 0.214 e. The average molecular weight is 468 g/mol. The summed E-state index contributed by atoms with van der Waals surface area (Å²) in [6, 6.07) is 4.31. The third-order valence-corrected chi connectivity index (χ3v) is 9.22. The van der Waals surface area contributed by atoms with Gasteiger partial charge in [-0.3, -0.25) is 4.68 Å². The molecule has 1 saturated heterocycles. The van der Waals surface area contributed by atoms with Crippen molar-refractivity contribution in [3.8, 4) is 17.3 Å². The lowest BCUT2D eigenvalue weighted by molar-refractivity contribution is 0.240. The summed E-state index contributed by atoms with van der Waals surface area (Å²) in [5.41, 5.74) is 2.05. The van der Waals surface area contributed by atoms with Gasteiger partial charge in [-0.2, -0.15) is 10.4 Å². The molecular formula is C23H29N7O2S. The van der Waals surface area contributed by atoms with Crippen LogP contribution in [0.5, 0.6) is 0 Å². The van der Waals surface area contributed by atoms with E-state index in [2.05, 4.69) is 33.0 Å². The van der Waals surface area contributed by atoms with Crippen molar-refractivity contribution in [3.05, 3.63) is 31.0 Å². The second-order valence-corrected chi connectivity index (χ2v) is 11.6. The summed E-state index contributed by atoms with van der Waals surface area (Å²) in [5, 5.41) is 15.2. The minimum Gasteiger partial charge on any atom is -0.346 e. The quantitative estimate of drug-likeness (QED) is 0.508. The Morgan fingerprint density at radius 1 is 1.24 bits per heavy atom. The molecule has 1 aliphatic heterocycles. The third kappa shape index (κ3) is 3.93. The summed E-state index contributed by atoms with van der Waals surface area (Å²) in [5.74, 6) is 0.739. The normalized spacial score (nSPS) is 25.5. The standard InChI is InChI=1S/C23H29N7O2S/c1-2-3-4-9-33(31,32)29-13-17-10-23(6-7-24,11-18(17)14-29)30-15-19(12-28-30)21-20-5-8-25-22(20)27-16-26-21/h5,8,12,15-18H,2-4,6,9-11,13-14H2,1H3,(H,25,26,27)/t17-,18+,23?. The van der Waals surface area contributed by atoms with Gasteiger partial charge in [0.25, 0.3) is 0 Å². The van der Waals surface area contributed by atoms with E-state index in [1.54, 1.807) is 10.5 Å². The number of nitrogens with zero attached hydrogens (tertiary/aromatic N) is 6. The fraction of sp³-hybridized carbons (Fsp3) is 0.565. The molecule has 3 aromatic rings. The average Bonchev–Trinajstić information content (AvgIpc) is 3.56. The highest BCUT2D eigenvalue weighted by Gasteiger charge is 2.52. The van der Waals surface area contributed by atoms with Crippen LogP contribution in [0.15, 0.2) is 31.0 Å². The maximum atomic E-state index is 12.8. The van der Waals surface area contributed by atoms with Crippen LogP contribution in [-0.2, 0) is 15.6 Å². The van der Waals surface area contributed by atoms with Crippen LogP contribution >= 0.6 is 0 Å². The van der Waals surface area contributed by atoms with Crippen LogP contribution in [0.4, 0.5) is 0 Å². The van der Waals surface area contributed by atoms with E-state index in [1.807, 2.05) is 23.1 Å². The molecule has 0 aromatic carbocycles. The molecule has 0 radical (unpaired) electrons. The SMILES string of the molecule is CCCCCS(=O)(=O)N1C[C@@H]2CC(CC#N)(n3cc(-c4ncnc5[nH]ccc45)cn3)C[C@@H]2C1. The fourth-order valence-electron chi connectivity index (χ4n) is 5.67. The van der Waals surface area contributed by atoms with E-state index in [9.17, 15) is 13.7 Å². The minimum absolute atomic E-state index is 0.235. The molecule has 0 spiro atoms. The molecule has 10 heteroatoms. The molecule has 1 N–H and O–H groups in total. The van der Waals surface area contributed by atoms with Crippen LogP contribution in [0, 0.1) is 23.2 Å². The molecule has 33 heavy (non-hydrogen) atoms. The van der Waals surface area contributed by atoms with E-state index >= 15 is 0 Å². The lowest BCUT2D eigenvalue weighted by Crippen LogP contribution is -2.36. The first-order valence-electron chi connectivity index (χ1n) is 11.6. The van der Waals surface area contributed by atoms with Gasteiger partial charge in [-0.25, -0.2) is 22.7 Å². The molecule has 0 bridgehead atoms. The molecular weight excluding hydrogens is 438 g/mol. The van der Waals surface area contributed by atoms with E-state index in [0.29, 0.717) is 19.5 Å². The van der Waals surface area contributed by atoms with Crippen LogP contribution in [0.3, 0.4) is 0 Å². The zero-order valence-electron chi connectivity index (χ0n) is 18.8. The molecule has 1 unspecified atom stereocenters. The predicted molar refractivity (Wildman–Crippen MR) is 124 cm³/mol. The Morgan fingerprint density at radius 3 is 2.76 bits per heavy atom. The second kappa shape index (κ2) is 8.54. The molecule has 1 aliphatic carbocycles. The van der Waals surface area contributed by atoms with Gasteiger partial charge in [0.15, 0.2) is 0 Å². The lowest BCUT2D eigenvalue weighted by atomic mass is 9.92. The molecule has 2 fully saturated rings. The van der Waals surface area contributed by atoms with Crippen molar-refractivity contribution < 1.29 is 8.42 Å². The predicted octanol–water partition coefficient (Wildman–Crippen LogP) is 3.29. The van der Waals surface area contributed by atoms with Crippen molar-refractivity contribution in [1.82, 2.24) is 29.0 Å². The Bertz CT molecular complexity index is 1280. The summed E-state index contributed by atoms with van der Waals surface area (Å²) in [4.78, 5) is 11.8. The van der Waals surface area contributed by atoms with Gasteiger partial charge in [-0.05, 0) is 37.2 Å². The van der Waals surface area contributed by atoms with Crippen molar-refractivity contribution in [1.29, 1.82) is 5.26 Å². The van der Waals surface area contributed by atoms with E-state index < -0.39 is 15.6 Å². The zero-order chi connectivity index (χ0) is 23.1. The van der Waals surface area contributed by atoms with Crippen molar-refractivity contribution in [3.63, 3.8) is 0 Å². The van der Waals surface area contributed by atoms with Crippen LogP contribution in [0.1, 0.15) is 45.4 Å². The third-order valence-electron chi connectivity index (χ3n) is 7.33. The molecule has 3 atom stereocenters. The minimum atomic E-state index is -3.21. The molecule has 3 aromatic heterocycles. The Morgan fingerprint density at radius 2 is 2.03 bits per heavy atom. The first kappa shape index (κ1) is 22.0. The highest BCUT2D eigenvalue weighted by atomic mass is 32.2. The van der Waals surface area contributed by atoms with Crippen molar-refractivity contribution in [2.24, 2.45) is 11.8 Å². The molecule has 174 valence electrons. The van der Waals surface area contributed by atoms with Gasteiger partial charge in [0, 0.05) is 36.4 Å². The number of rotatable bonds is 8. The summed E-state index contributed by atoms with van der Waals surface area (Å²) >= 11 is 0. The van der Waals surface area contributed by atoms with Gasteiger partial charge in [0.1, 0.15) is 12.0 Å². The van der Waals surface area contributed by atoms with E-state index in [1.165, 1.54) is 6.33 Å². The Kier molecular flexibility index (Phi) is 5.70. The lowest BCUT2D eigenvalue weighted by Gasteiger charge is -2.29. The highest BCUT2D eigenvalue weighted by molar-refractivity contribution is 7.89. The fourth-order valence-corrected chi connectivity index (χ4v) is 7.34. The molecule has 1 saturated carbocycles. The van der Waals surface area contributed by atoms with E-state index in [4.69, 9.17) is 0 Å². The van der Waals surface area contributed by atoms with Gasteiger partial charge < -0.3 is 4.98 Å². The highest BCUT2D eigenvalue weighted by Crippen LogP contribution is 2.50. The van der Waals surface area contributed by atoms with Crippen LogP contribution in [-0.4, -0.2) is 56.3 Å². The number of H-pyrrole nitrogens is 1. The van der Waals surface area contributed by atoms with E-state index in [-0.39, 0.29) is 17.6 Å². The second-order valence-electron chi connectivity index (χ2n) is 9.46. The van der Waals surface area contributed by atoms with Crippen molar-refractivity contribution in [2.45, 2.75) is 51.0 Å². The summed E-state index contributed by atoms with van der Waals surface area (Å²) in [7, 11) is -3.21. The summed E-state index contributed by atoms with van der Waals surface area (Å²) < 4.78 is 29.2. The Hall–Kier alpha value is -2.77. The van der Waals surface area contributed by atoms with Gasteiger partial charge >= 0.3 is 0 Å². The number of hydrogen-bond donors (Lipinski definition) is 1. The molecule has 2 aliphatic rings. The van der Waals surface area contributed by atoms with Crippen LogP contribution in [0.25, 0.3) is 22.3 Å². The first-order chi connectivity index (χ1) is 16.0. The van der Waals surface area contributed by atoms with Gasteiger partial charge in [0.05, 0.1) is 35.7 Å². The smallest absolute Gasteiger partial charge is 0.214 e. The number of aromatic nitrogens is 5. The Labute approximate surface area is 193 Å². The van der Waals surface area contributed by atoms with Gasteiger partial charge in [-0.15, -0.1) is 0 Å².